The minimum Gasteiger partial charge on any atom is -0.392 e. The Morgan fingerprint density at radius 1 is 1.83 bits per heavy atom. The van der Waals surface area contributed by atoms with E-state index in [0.717, 1.165) is 0 Å². The molecule has 1 aliphatic heterocycles. The van der Waals surface area contributed by atoms with Crippen LogP contribution in [0.15, 0.2) is 0 Å². The predicted molar refractivity (Wildman–Crippen MR) is 44.3 cm³/mol. The predicted octanol–water partition coefficient (Wildman–Crippen LogP) is -1.54. The van der Waals surface area contributed by atoms with Crippen LogP contribution in [0.5, 0.6) is 0 Å². The summed E-state index contributed by atoms with van der Waals surface area (Å²) in [6, 6.07) is -0.284. The molecule has 1 heterocycles. The zero-order valence-electron chi connectivity index (χ0n) is 6.71. The van der Waals surface area contributed by atoms with Gasteiger partial charge in [-0.2, -0.15) is 0 Å². The monoisotopic (exact) mass is 168 g/mol. The van der Waals surface area contributed by atoms with E-state index in [0.29, 0.717) is 13.0 Å². The Balaban J connectivity index is 2.29. The number of carbonyl (C=O) groups is 1. The number of hydrogen-bond donors (Lipinski definition) is 3. The smallest absolute Gasteiger partial charge is 0.237 e. The third-order valence-corrected chi connectivity index (χ3v) is 1.79. The van der Waals surface area contributed by atoms with Crippen molar-refractivity contribution in [3.8, 4) is 12.3 Å². The maximum atomic E-state index is 11.2. The summed E-state index contributed by atoms with van der Waals surface area (Å²) in [5.74, 6) is 2.18. The first-order valence-electron chi connectivity index (χ1n) is 3.86. The Morgan fingerprint density at radius 3 is 3.08 bits per heavy atom. The molecule has 0 saturated carbocycles. The Bertz CT molecular complexity index is 210. The number of rotatable bonds is 2. The molecule has 1 aliphatic rings. The largest absolute Gasteiger partial charge is 0.392 e. The van der Waals surface area contributed by atoms with Crippen LogP contribution in [0.2, 0.25) is 0 Å². The van der Waals surface area contributed by atoms with Gasteiger partial charge >= 0.3 is 0 Å². The zero-order chi connectivity index (χ0) is 8.97. The summed E-state index contributed by atoms with van der Waals surface area (Å²) in [5, 5.41) is 14.5. The van der Waals surface area contributed by atoms with Crippen LogP contribution < -0.4 is 10.6 Å². The topological polar surface area (TPSA) is 61.4 Å². The number of carbonyl (C=O) groups excluding carboxylic acids is 1. The number of aliphatic hydroxyl groups is 1. The molecule has 0 aromatic carbocycles. The van der Waals surface area contributed by atoms with Gasteiger partial charge in [-0.25, -0.2) is 0 Å². The molecule has 1 rings (SSSR count). The summed E-state index contributed by atoms with van der Waals surface area (Å²) < 4.78 is 0. The van der Waals surface area contributed by atoms with Crippen molar-refractivity contribution in [1.29, 1.82) is 0 Å². The van der Waals surface area contributed by atoms with Crippen LogP contribution in [-0.2, 0) is 4.79 Å². The Labute approximate surface area is 71.3 Å². The highest BCUT2D eigenvalue weighted by atomic mass is 16.3. The highest BCUT2D eigenvalue weighted by Gasteiger charge is 2.27. The Morgan fingerprint density at radius 2 is 2.58 bits per heavy atom. The van der Waals surface area contributed by atoms with Crippen molar-refractivity contribution >= 4 is 5.91 Å². The number of terminal acetylenes is 1. The third-order valence-electron chi connectivity index (χ3n) is 1.79. The maximum Gasteiger partial charge on any atom is 0.237 e. The van der Waals surface area contributed by atoms with Gasteiger partial charge in [0.05, 0.1) is 18.7 Å². The number of nitrogens with one attached hydrogen (secondary N) is 2. The van der Waals surface area contributed by atoms with Crippen LogP contribution in [-0.4, -0.2) is 36.2 Å². The van der Waals surface area contributed by atoms with E-state index >= 15 is 0 Å². The molecule has 4 nitrogen and oxygen atoms in total. The molecule has 4 heteroatoms. The molecule has 0 radical (unpaired) electrons. The molecule has 1 fully saturated rings. The van der Waals surface area contributed by atoms with Crippen LogP contribution in [0.4, 0.5) is 0 Å². The zero-order valence-corrected chi connectivity index (χ0v) is 6.71. The van der Waals surface area contributed by atoms with Gasteiger partial charge in [0.25, 0.3) is 0 Å². The van der Waals surface area contributed by atoms with Crippen LogP contribution >= 0.6 is 0 Å². The molecule has 0 spiro atoms. The van der Waals surface area contributed by atoms with E-state index in [-0.39, 0.29) is 18.5 Å². The molecule has 2 atom stereocenters. The van der Waals surface area contributed by atoms with Crippen molar-refractivity contribution < 1.29 is 9.90 Å². The lowest BCUT2D eigenvalue weighted by molar-refractivity contribution is -0.122. The van der Waals surface area contributed by atoms with E-state index in [4.69, 9.17) is 11.5 Å². The molecule has 0 bridgehead atoms. The molecule has 1 saturated heterocycles. The normalized spacial score (nSPS) is 28.0. The summed E-state index contributed by atoms with van der Waals surface area (Å²) >= 11 is 0. The van der Waals surface area contributed by atoms with Crippen molar-refractivity contribution in [3.63, 3.8) is 0 Å². The van der Waals surface area contributed by atoms with Crippen LogP contribution in [0.3, 0.4) is 0 Å². The fourth-order valence-corrected chi connectivity index (χ4v) is 1.18. The third kappa shape index (κ3) is 2.22. The van der Waals surface area contributed by atoms with Gasteiger partial charge in [0.2, 0.25) is 5.91 Å². The standard InChI is InChI=1S/C8H12N2O2/c1-2-3-9-8(12)7-4-6(11)5-10-7/h1,6-7,10-11H,3-5H2,(H,9,12). The lowest BCUT2D eigenvalue weighted by Crippen LogP contribution is -2.40. The molecule has 0 aromatic rings. The number of aliphatic hydroxyl groups excluding tert-OH is 1. The maximum absolute atomic E-state index is 11.2. The second-order valence-corrected chi connectivity index (χ2v) is 2.77. The summed E-state index contributed by atoms with van der Waals surface area (Å²) in [6.45, 7) is 0.723. The second-order valence-electron chi connectivity index (χ2n) is 2.77. The lowest BCUT2D eigenvalue weighted by atomic mass is 10.2. The number of β-amino-alcohol motifs (C(OH)–C–C–N with tert-alkyl or cyclic N) is 1. The van der Waals surface area contributed by atoms with Crippen LogP contribution in [0, 0.1) is 12.3 Å². The molecular formula is C8H12N2O2. The van der Waals surface area contributed by atoms with Gasteiger partial charge < -0.3 is 15.7 Å². The van der Waals surface area contributed by atoms with E-state index in [9.17, 15) is 4.79 Å². The summed E-state index contributed by atoms with van der Waals surface area (Å²) in [7, 11) is 0. The van der Waals surface area contributed by atoms with Crippen molar-refractivity contribution in [3.05, 3.63) is 0 Å². The average molecular weight is 168 g/mol. The molecule has 2 unspecified atom stereocenters. The van der Waals surface area contributed by atoms with Gasteiger partial charge in [0.15, 0.2) is 0 Å². The first-order chi connectivity index (χ1) is 5.74. The van der Waals surface area contributed by atoms with E-state index in [1.54, 1.807) is 0 Å². The molecule has 1 amide bonds. The van der Waals surface area contributed by atoms with Gasteiger partial charge in [-0.3, -0.25) is 4.79 Å². The molecular weight excluding hydrogens is 156 g/mol. The van der Waals surface area contributed by atoms with E-state index in [1.807, 2.05) is 0 Å². The fourth-order valence-electron chi connectivity index (χ4n) is 1.18. The summed E-state index contributed by atoms with van der Waals surface area (Å²) in [5.41, 5.74) is 0. The van der Waals surface area contributed by atoms with Crippen LogP contribution in [0.25, 0.3) is 0 Å². The van der Waals surface area contributed by atoms with Gasteiger partial charge in [-0.1, -0.05) is 5.92 Å². The Hall–Kier alpha value is -1.05. The lowest BCUT2D eigenvalue weighted by Gasteiger charge is -2.08. The van der Waals surface area contributed by atoms with Crippen molar-refractivity contribution in [1.82, 2.24) is 10.6 Å². The highest BCUT2D eigenvalue weighted by Crippen LogP contribution is 2.05. The van der Waals surface area contributed by atoms with Crippen LogP contribution in [0.1, 0.15) is 6.42 Å². The van der Waals surface area contributed by atoms with E-state index in [2.05, 4.69) is 16.6 Å². The van der Waals surface area contributed by atoms with Gasteiger partial charge in [-0.05, 0) is 6.42 Å². The minimum absolute atomic E-state index is 0.135. The van der Waals surface area contributed by atoms with E-state index < -0.39 is 6.10 Å². The molecule has 66 valence electrons. The second kappa shape index (κ2) is 4.10. The first-order valence-corrected chi connectivity index (χ1v) is 3.86. The van der Waals surface area contributed by atoms with Gasteiger partial charge in [0, 0.05) is 6.54 Å². The number of amides is 1. The van der Waals surface area contributed by atoms with Crippen molar-refractivity contribution in [2.24, 2.45) is 0 Å². The number of hydrogen-bond acceptors (Lipinski definition) is 3. The van der Waals surface area contributed by atoms with Gasteiger partial charge in [-0.15, -0.1) is 6.42 Å². The quantitative estimate of drug-likeness (QED) is 0.438. The fraction of sp³-hybridized carbons (Fsp3) is 0.625. The molecule has 12 heavy (non-hydrogen) atoms. The molecule has 0 aromatic heterocycles. The van der Waals surface area contributed by atoms with Gasteiger partial charge in [0.1, 0.15) is 0 Å². The minimum atomic E-state index is -0.411. The Kier molecular flexibility index (Phi) is 3.09. The molecule has 0 aliphatic carbocycles. The average Bonchev–Trinajstić information content (AvgIpc) is 2.47. The van der Waals surface area contributed by atoms with Crippen molar-refractivity contribution in [2.75, 3.05) is 13.1 Å². The first kappa shape index (κ1) is 9.04. The summed E-state index contributed by atoms with van der Waals surface area (Å²) in [6.07, 6.45) is 5.03. The summed E-state index contributed by atoms with van der Waals surface area (Å²) in [4.78, 5) is 11.2. The molecule has 3 N–H and O–H groups in total. The van der Waals surface area contributed by atoms with E-state index in [1.165, 1.54) is 0 Å². The highest BCUT2D eigenvalue weighted by molar-refractivity contribution is 5.82. The SMILES string of the molecule is C#CCNC(=O)C1CC(O)CN1. The van der Waals surface area contributed by atoms with Crippen molar-refractivity contribution in [2.45, 2.75) is 18.6 Å².